The first kappa shape index (κ1) is 13.6. The van der Waals surface area contributed by atoms with E-state index >= 15 is 0 Å². The lowest BCUT2D eigenvalue weighted by Gasteiger charge is -2.33. The Morgan fingerprint density at radius 1 is 1.35 bits per heavy atom. The summed E-state index contributed by atoms with van der Waals surface area (Å²) in [6.07, 6.45) is 1.21. The van der Waals surface area contributed by atoms with Crippen LogP contribution in [0.15, 0.2) is 24.3 Å². The van der Waals surface area contributed by atoms with Gasteiger partial charge in [-0.05, 0) is 31.4 Å². The lowest BCUT2D eigenvalue weighted by atomic mass is 9.77. The molecule has 2 aliphatic heterocycles. The summed E-state index contributed by atoms with van der Waals surface area (Å²) >= 11 is 0. The van der Waals surface area contributed by atoms with Crippen LogP contribution in [0.4, 0.5) is 5.69 Å². The summed E-state index contributed by atoms with van der Waals surface area (Å²) in [6.45, 7) is 2.37. The number of carbonyl (C=O) groups is 1. The van der Waals surface area contributed by atoms with Crippen molar-refractivity contribution < 1.29 is 13.2 Å². The van der Waals surface area contributed by atoms with Crippen LogP contribution in [-0.2, 0) is 21.2 Å². The molecular formula is C14H18N2O3S. The summed E-state index contributed by atoms with van der Waals surface area (Å²) in [4.78, 5) is 12.4. The number of fused-ring (bicyclic) bond motifs is 1. The van der Waals surface area contributed by atoms with E-state index in [1.165, 1.54) is 4.31 Å². The fraction of sp³-hybridized carbons (Fsp3) is 0.500. The fourth-order valence-corrected chi connectivity index (χ4v) is 4.26. The molecule has 5 nitrogen and oxygen atoms in total. The maximum atomic E-state index is 12.4. The Morgan fingerprint density at radius 3 is 2.85 bits per heavy atom. The summed E-state index contributed by atoms with van der Waals surface area (Å²) in [5, 5.41) is 2.92. The Labute approximate surface area is 119 Å². The van der Waals surface area contributed by atoms with Gasteiger partial charge in [0, 0.05) is 18.8 Å². The van der Waals surface area contributed by atoms with E-state index in [1.54, 1.807) is 6.92 Å². The van der Waals surface area contributed by atoms with Crippen LogP contribution in [0.1, 0.15) is 18.9 Å². The second kappa shape index (κ2) is 4.56. The summed E-state index contributed by atoms with van der Waals surface area (Å²) < 4.78 is 25.4. The second-order valence-corrected chi connectivity index (χ2v) is 7.81. The van der Waals surface area contributed by atoms with Crippen molar-refractivity contribution in [1.29, 1.82) is 0 Å². The van der Waals surface area contributed by atoms with Crippen LogP contribution in [-0.4, -0.2) is 37.5 Å². The molecule has 108 valence electrons. The van der Waals surface area contributed by atoms with Gasteiger partial charge in [0.15, 0.2) is 0 Å². The molecule has 1 fully saturated rings. The Kier molecular flexibility index (Phi) is 3.10. The molecule has 2 aliphatic rings. The zero-order chi connectivity index (χ0) is 14.4. The minimum Gasteiger partial charge on any atom is -0.325 e. The third-order valence-corrected chi connectivity index (χ3v) is 6.18. The molecule has 0 aliphatic carbocycles. The lowest BCUT2D eigenvalue weighted by Crippen LogP contribution is -2.44. The standard InChI is InChI=1S/C14H18N2O3S/c1-2-20(18,19)16-8-7-14(10-16)9-11-5-3-4-6-12(11)15-13(14)17/h3-6H,2,7-10H2,1H3,(H,15,17). The third kappa shape index (κ3) is 2.03. The molecule has 0 saturated carbocycles. The zero-order valence-electron chi connectivity index (χ0n) is 11.4. The van der Waals surface area contributed by atoms with E-state index in [9.17, 15) is 13.2 Å². The van der Waals surface area contributed by atoms with Gasteiger partial charge in [0.05, 0.1) is 11.2 Å². The van der Waals surface area contributed by atoms with Gasteiger partial charge in [0.1, 0.15) is 0 Å². The van der Waals surface area contributed by atoms with Crippen LogP contribution >= 0.6 is 0 Å². The minimum atomic E-state index is -3.22. The number of para-hydroxylation sites is 1. The highest BCUT2D eigenvalue weighted by atomic mass is 32.2. The number of amides is 1. The normalized spacial score (nSPS) is 26.6. The monoisotopic (exact) mass is 294 g/mol. The minimum absolute atomic E-state index is 0.0509. The van der Waals surface area contributed by atoms with Crippen molar-refractivity contribution >= 4 is 21.6 Å². The van der Waals surface area contributed by atoms with Gasteiger partial charge >= 0.3 is 0 Å². The molecular weight excluding hydrogens is 276 g/mol. The summed E-state index contributed by atoms with van der Waals surface area (Å²) in [6, 6.07) is 7.71. The second-order valence-electron chi connectivity index (χ2n) is 5.55. The topological polar surface area (TPSA) is 66.5 Å². The molecule has 6 heteroatoms. The number of hydrogen-bond acceptors (Lipinski definition) is 3. The number of nitrogens with one attached hydrogen (secondary N) is 1. The van der Waals surface area contributed by atoms with E-state index < -0.39 is 15.4 Å². The first-order valence-corrected chi connectivity index (χ1v) is 8.45. The van der Waals surface area contributed by atoms with E-state index in [4.69, 9.17) is 0 Å². The zero-order valence-corrected chi connectivity index (χ0v) is 12.2. The molecule has 0 radical (unpaired) electrons. The Balaban J connectivity index is 1.91. The van der Waals surface area contributed by atoms with Crippen molar-refractivity contribution in [1.82, 2.24) is 4.31 Å². The van der Waals surface area contributed by atoms with E-state index in [2.05, 4.69) is 5.32 Å². The van der Waals surface area contributed by atoms with Crippen molar-refractivity contribution in [2.75, 3.05) is 24.2 Å². The van der Waals surface area contributed by atoms with Gasteiger partial charge in [-0.25, -0.2) is 12.7 Å². The molecule has 1 saturated heterocycles. The van der Waals surface area contributed by atoms with Crippen LogP contribution in [0.25, 0.3) is 0 Å². The van der Waals surface area contributed by atoms with Crippen LogP contribution in [0, 0.1) is 5.41 Å². The van der Waals surface area contributed by atoms with Gasteiger partial charge in [-0.3, -0.25) is 4.79 Å². The molecule has 2 heterocycles. The van der Waals surface area contributed by atoms with Crippen molar-refractivity contribution in [2.24, 2.45) is 5.41 Å². The predicted octanol–water partition coefficient (Wildman–Crippen LogP) is 1.22. The first-order valence-electron chi connectivity index (χ1n) is 6.84. The molecule has 0 bridgehead atoms. The van der Waals surface area contributed by atoms with Crippen molar-refractivity contribution in [3.63, 3.8) is 0 Å². The van der Waals surface area contributed by atoms with E-state index in [0.717, 1.165) is 11.3 Å². The summed E-state index contributed by atoms with van der Waals surface area (Å²) in [5.74, 6) is 0.0337. The van der Waals surface area contributed by atoms with Gasteiger partial charge in [0.25, 0.3) is 0 Å². The maximum absolute atomic E-state index is 12.4. The quantitative estimate of drug-likeness (QED) is 0.892. The molecule has 1 amide bonds. The average molecular weight is 294 g/mol. The van der Waals surface area contributed by atoms with Gasteiger partial charge in [-0.15, -0.1) is 0 Å². The summed E-state index contributed by atoms with van der Waals surface area (Å²) in [7, 11) is -3.22. The van der Waals surface area contributed by atoms with Crippen molar-refractivity contribution in [3.8, 4) is 0 Å². The van der Waals surface area contributed by atoms with Gasteiger partial charge in [0.2, 0.25) is 15.9 Å². The number of nitrogens with zero attached hydrogens (tertiary/aromatic N) is 1. The number of carbonyl (C=O) groups excluding carboxylic acids is 1. The molecule has 1 spiro atoms. The third-order valence-electron chi connectivity index (χ3n) is 4.35. The van der Waals surface area contributed by atoms with Crippen molar-refractivity contribution in [2.45, 2.75) is 19.8 Å². The molecule has 20 heavy (non-hydrogen) atoms. The van der Waals surface area contributed by atoms with Crippen LogP contribution in [0.2, 0.25) is 0 Å². The summed E-state index contributed by atoms with van der Waals surface area (Å²) in [5.41, 5.74) is 1.33. The molecule has 3 rings (SSSR count). The fourth-order valence-electron chi connectivity index (χ4n) is 3.08. The molecule has 1 aromatic carbocycles. The maximum Gasteiger partial charge on any atom is 0.232 e. The van der Waals surface area contributed by atoms with E-state index in [-0.39, 0.29) is 11.7 Å². The van der Waals surface area contributed by atoms with Crippen molar-refractivity contribution in [3.05, 3.63) is 29.8 Å². The van der Waals surface area contributed by atoms with Gasteiger partial charge in [-0.2, -0.15) is 0 Å². The van der Waals surface area contributed by atoms with Crippen LogP contribution in [0.3, 0.4) is 0 Å². The predicted molar refractivity (Wildman–Crippen MR) is 76.9 cm³/mol. The number of hydrogen-bond donors (Lipinski definition) is 1. The largest absolute Gasteiger partial charge is 0.325 e. The van der Waals surface area contributed by atoms with Crippen LogP contribution in [0.5, 0.6) is 0 Å². The van der Waals surface area contributed by atoms with Gasteiger partial charge < -0.3 is 5.32 Å². The number of benzene rings is 1. The highest BCUT2D eigenvalue weighted by Crippen LogP contribution is 2.41. The number of sulfonamides is 1. The molecule has 1 aromatic rings. The molecule has 0 aromatic heterocycles. The Hall–Kier alpha value is -1.40. The smallest absolute Gasteiger partial charge is 0.232 e. The van der Waals surface area contributed by atoms with E-state index in [1.807, 2.05) is 24.3 Å². The van der Waals surface area contributed by atoms with Gasteiger partial charge in [-0.1, -0.05) is 18.2 Å². The lowest BCUT2D eigenvalue weighted by molar-refractivity contribution is -0.125. The highest BCUT2D eigenvalue weighted by molar-refractivity contribution is 7.89. The SMILES string of the molecule is CCS(=O)(=O)N1CCC2(Cc3ccccc3NC2=O)C1. The Morgan fingerprint density at radius 2 is 2.10 bits per heavy atom. The number of rotatable bonds is 2. The molecule has 1 atom stereocenters. The van der Waals surface area contributed by atoms with Crippen LogP contribution < -0.4 is 5.32 Å². The average Bonchev–Trinajstić information content (AvgIpc) is 2.86. The first-order chi connectivity index (χ1) is 9.47. The highest BCUT2D eigenvalue weighted by Gasteiger charge is 2.49. The molecule has 1 N–H and O–H groups in total. The Bertz CT molecular complexity index is 656. The molecule has 1 unspecified atom stereocenters. The van der Waals surface area contributed by atoms with E-state index in [0.29, 0.717) is 25.9 Å². The number of anilines is 1.